The van der Waals surface area contributed by atoms with Crippen LogP contribution in [0.25, 0.3) is 0 Å². The van der Waals surface area contributed by atoms with Gasteiger partial charge in [-0.1, -0.05) is 18.9 Å². The first-order valence-electron chi connectivity index (χ1n) is 10.4. The van der Waals surface area contributed by atoms with Gasteiger partial charge in [0.05, 0.1) is 11.3 Å². The molecule has 1 aromatic carbocycles. The van der Waals surface area contributed by atoms with Crippen molar-refractivity contribution >= 4 is 21.5 Å². The molecule has 1 saturated carbocycles. The molecule has 2 heterocycles. The zero-order chi connectivity index (χ0) is 23.1. The lowest BCUT2D eigenvalue weighted by Crippen LogP contribution is -2.56. The fraction of sp³-hybridized carbons (Fsp3) is 0.391. The number of rotatable bonds is 4. The maximum absolute atomic E-state index is 14.9. The number of carbonyl (C=O) groups is 1. The minimum absolute atomic E-state index is 0.0476. The van der Waals surface area contributed by atoms with Crippen LogP contribution < -0.4 is 5.73 Å². The van der Waals surface area contributed by atoms with Crippen molar-refractivity contribution in [1.29, 1.82) is 5.26 Å². The summed E-state index contributed by atoms with van der Waals surface area (Å²) >= 11 is 0. The van der Waals surface area contributed by atoms with Crippen LogP contribution in [0.5, 0.6) is 0 Å². The topological polar surface area (TPSA) is 126 Å². The Morgan fingerprint density at radius 3 is 2.56 bits per heavy atom. The standard InChI is InChI=1S/C23H23FN4O3S/c1-22(14-32(30,31)23(21(26)28-22)8-2-3-9-23)17-10-15(4-6-18(17)24)11-20(29)19-7-5-16(12-25)13-27-19/h4-7,10,13H,2-3,8-9,11,14H2,1H3,(H2,26,28)/t22-/m0/s1. The number of hydrogen-bond acceptors (Lipinski definition) is 7. The highest BCUT2D eigenvalue weighted by atomic mass is 32.2. The van der Waals surface area contributed by atoms with Gasteiger partial charge in [0.25, 0.3) is 0 Å². The third kappa shape index (κ3) is 3.58. The first kappa shape index (κ1) is 22.1. The Morgan fingerprint density at radius 2 is 1.97 bits per heavy atom. The van der Waals surface area contributed by atoms with E-state index in [-0.39, 0.29) is 35.0 Å². The van der Waals surface area contributed by atoms with E-state index in [2.05, 4.69) is 9.98 Å². The molecule has 1 aromatic heterocycles. The second-order valence-corrected chi connectivity index (χ2v) is 11.0. The Morgan fingerprint density at radius 1 is 1.25 bits per heavy atom. The average Bonchev–Trinajstić information content (AvgIpc) is 3.26. The number of nitrogens with zero attached hydrogens (tertiary/aromatic N) is 3. The fourth-order valence-electron chi connectivity index (χ4n) is 4.71. The smallest absolute Gasteiger partial charge is 0.185 e. The molecule has 0 bridgehead atoms. The molecule has 32 heavy (non-hydrogen) atoms. The predicted octanol–water partition coefficient (Wildman–Crippen LogP) is 2.83. The van der Waals surface area contributed by atoms with Crippen molar-refractivity contribution in [3.63, 3.8) is 0 Å². The molecule has 166 valence electrons. The van der Waals surface area contributed by atoms with Gasteiger partial charge in [-0.25, -0.2) is 12.8 Å². The summed E-state index contributed by atoms with van der Waals surface area (Å²) in [5, 5.41) is 8.86. The van der Waals surface area contributed by atoms with E-state index < -0.39 is 25.9 Å². The number of nitriles is 1. The Kier molecular flexibility index (Phi) is 5.37. The van der Waals surface area contributed by atoms with Gasteiger partial charge < -0.3 is 5.73 Å². The number of hydrogen-bond donors (Lipinski definition) is 1. The average molecular weight is 455 g/mol. The van der Waals surface area contributed by atoms with Gasteiger partial charge in [0.15, 0.2) is 15.6 Å². The molecule has 9 heteroatoms. The zero-order valence-electron chi connectivity index (χ0n) is 17.6. The van der Waals surface area contributed by atoms with Crippen LogP contribution in [-0.2, 0) is 21.8 Å². The summed E-state index contributed by atoms with van der Waals surface area (Å²) < 4.78 is 40.2. The summed E-state index contributed by atoms with van der Waals surface area (Å²) in [6, 6.07) is 9.08. The van der Waals surface area contributed by atoms with Crippen LogP contribution in [0.15, 0.2) is 41.5 Å². The largest absolute Gasteiger partial charge is 0.386 e. The van der Waals surface area contributed by atoms with Crippen LogP contribution in [0.3, 0.4) is 0 Å². The molecule has 2 aliphatic rings. The van der Waals surface area contributed by atoms with Gasteiger partial charge in [-0.2, -0.15) is 5.26 Å². The number of nitrogens with two attached hydrogens (primary N) is 1. The Balaban J connectivity index is 1.67. The van der Waals surface area contributed by atoms with Crippen molar-refractivity contribution < 1.29 is 17.6 Å². The lowest BCUT2D eigenvalue weighted by molar-refractivity contribution is 0.0988. The summed E-state index contributed by atoms with van der Waals surface area (Å²) in [5.41, 5.74) is 5.94. The van der Waals surface area contributed by atoms with Crippen molar-refractivity contribution in [1.82, 2.24) is 4.98 Å². The van der Waals surface area contributed by atoms with E-state index in [9.17, 15) is 17.6 Å². The second kappa shape index (κ2) is 7.78. The van der Waals surface area contributed by atoms with E-state index >= 15 is 0 Å². The third-order valence-electron chi connectivity index (χ3n) is 6.47. The van der Waals surface area contributed by atoms with E-state index in [1.807, 2.05) is 6.07 Å². The van der Waals surface area contributed by atoms with Gasteiger partial charge in [-0.05, 0) is 49.6 Å². The van der Waals surface area contributed by atoms with Crippen LogP contribution in [0, 0.1) is 17.1 Å². The number of Topliss-reactive ketones (excluding diaryl/α,β-unsaturated/α-hetero) is 1. The molecule has 2 N–H and O–H groups in total. The van der Waals surface area contributed by atoms with Gasteiger partial charge in [-0.15, -0.1) is 0 Å². The fourth-order valence-corrected chi connectivity index (χ4v) is 7.23. The van der Waals surface area contributed by atoms with E-state index in [4.69, 9.17) is 11.0 Å². The van der Waals surface area contributed by atoms with E-state index in [1.54, 1.807) is 6.92 Å². The van der Waals surface area contributed by atoms with Crippen LogP contribution in [0.4, 0.5) is 4.39 Å². The van der Waals surface area contributed by atoms with Crippen molar-refractivity contribution in [2.45, 2.75) is 49.3 Å². The zero-order valence-corrected chi connectivity index (χ0v) is 18.5. The highest BCUT2D eigenvalue weighted by molar-refractivity contribution is 7.93. The summed E-state index contributed by atoms with van der Waals surface area (Å²) in [7, 11) is -3.66. The van der Waals surface area contributed by atoms with Crippen LogP contribution >= 0.6 is 0 Å². The number of sulfone groups is 1. The molecule has 0 saturated heterocycles. The number of benzene rings is 1. The lowest BCUT2D eigenvalue weighted by atomic mass is 9.90. The molecule has 7 nitrogen and oxygen atoms in total. The summed E-state index contributed by atoms with van der Waals surface area (Å²) in [5.74, 6) is -1.20. The monoisotopic (exact) mass is 454 g/mol. The number of ketones is 1. The number of halogens is 1. The number of aliphatic imine (C=N–C) groups is 1. The third-order valence-corrected chi connectivity index (χ3v) is 9.22. The second-order valence-electron chi connectivity index (χ2n) is 8.69. The van der Waals surface area contributed by atoms with Crippen LogP contribution in [0.2, 0.25) is 0 Å². The molecule has 0 amide bonds. The minimum Gasteiger partial charge on any atom is -0.386 e. The van der Waals surface area contributed by atoms with Gasteiger partial charge in [0.1, 0.15) is 33.7 Å². The first-order valence-corrected chi connectivity index (χ1v) is 12.0. The quantitative estimate of drug-likeness (QED) is 0.708. The normalized spacial score (nSPS) is 23.5. The lowest BCUT2D eigenvalue weighted by Gasteiger charge is -2.39. The van der Waals surface area contributed by atoms with E-state index in [1.165, 1.54) is 36.5 Å². The molecule has 1 aliphatic carbocycles. The first-order chi connectivity index (χ1) is 15.1. The van der Waals surface area contributed by atoms with E-state index in [0.29, 0.717) is 24.0 Å². The van der Waals surface area contributed by atoms with Gasteiger partial charge in [-0.3, -0.25) is 14.8 Å². The molecule has 1 atom stereocenters. The highest BCUT2D eigenvalue weighted by Gasteiger charge is 2.55. The van der Waals surface area contributed by atoms with E-state index in [0.717, 1.165) is 12.8 Å². The van der Waals surface area contributed by atoms with Crippen molar-refractivity contribution in [3.8, 4) is 6.07 Å². The number of amidine groups is 1. The molecule has 1 aliphatic heterocycles. The van der Waals surface area contributed by atoms with Crippen LogP contribution in [0.1, 0.15) is 59.8 Å². The molecule has 4 rings (SSSR count). The minimum atomic E-state index is -3.66. The maximum atomic E-state index is 14.9. The molecule has 1 spiro atoms. The Labute approximate surface area is 186 Å². The molecular weight excluding hydrogens is 431 g/mol. The van der Waals surface area contributed by atoms with Crippen molar-refractivity contribution in [2.75, 3.05) is 5.75 Å². The number of carbonyl (C=O) groups excluding carboxylic acids is 1. The number of pyridine rings is 1. The SMILES string of the molecule is C[C@@]1(c2cc(CC(=O)c3ccc(C#N)cn3)ccc2F)CS(=O)(=O)C2(CCCC2)C(N)=N1. The van der Waals surface area contributed by atoms with Crippen molar-refractivity contribution in [2.24, 2.45) is 10.7 Å². The van der Waals surface area contributed by atoms with Gasteiger partial charge in [0.2, 0.25) is 0 Å². The highest BCUT2D eigenvalue weighted by Crippen LogP contribution is 2.45. The predicted molar refractivity (Wildman–Crippen MR) is 117 cm³/mol. The maximum Gasteiger partial charge on any atom is 0.185 e. The molecule has 1 fully saturated rings. The Hall–Kier alpha value is -3.12. The molecular formula is C23H23FN4O3S. The van der Waals surface area contributed by atoms with Gasteiger partial charge >= 0.3 is 0 Å². The number of aromatic nitrogens is 1. The summed E-state index contributed by atoms with van der Waals surface area (Å²) in [6.45, 7) is 1.56. The molecule has 0 unspecified atom stereocenters. The van der Waals surface area contributed by atoms with Gasteiger partial charge in [0, 0.05) is 18.2 Å². The molecule has 2 aromatic rings. The van der Waals surface area contributed by atoms with Crippen molar-refractivity contribution in [3.05, 3.63) is 64.7 Å². The molecule has 0 radical (unpaired) electrons. The van der Waals surface area contributed by atoms with Crippen LogP contribution in [-0.4, -0.2) is 35.5 Å². The Bertz CT molecular complexity index is 1260. The summed E-state index contributed by atoms with van der Waals surface area (Å²) in [4.78, 5) is 21.1. The summed E-state index contributed by atoms with van der Waals surface area (Å²) in [6.07, 6.45) is 3.67.